The van der Waals surface area contributed by atoms with Crippen LogP contribution < -0.4 is 14.8 Å². The lowest BCUT2D eigenvalue weighted by Gasteiger charge is -2.26. The van der Waals surface area contributed by atoms with Crippen LogP contribution in [-0.4, -0.2) is 45.1 Å². The lowest BCUT2D eigenvalue weighted by molar-refractivity contribution is -0.660. The maximum Gasteiger partial charge on any atom is 0.160 e. The molecule has 2 aromatic carbocycles. The molecule has 3 N–H and O–H groups in total. The van der Waals surface area contributed by atoms with Gasteiger partial charge in [0.05, 0.1) is 33.5 Å². The van der Waals surface area contributed by atoms with Crippen LogP contribution in [0, 0.1) is 0 Å². The number of hydrogen-bond donors (Lipinski definition) is 2. The highest BCUT2D eigenvalue weighted by Gasteiger charge is 2.21. The zero-order valence-corrected chi connectivity index (χ0v) is 16.9. The number of hydrogen-bond acceptors (Lipinski definition) is 4. The van der Waals surface area contributed by atoms with Gasteiger partial charge in [0.2, 0.25) is 0 Å². The van der Waals surface area contributed by atoms with Crippen LogP contribution in [-0.2, 0) is 17.6 Å². The van der Waals surface area contributed by atoms with Gasteiger partial charge in [0.25, 0.3) is 0 Å². The molecule has 1 aliphatic carbocycles. The molecule has 2 atom stereocenters. The van der Waals surface area contributed by atoms with Crippen LogP contribution in [0.15, 0.2) is 42.5 Å². The summed E-state index contributed by atoms with van der Waals surface area (Å²) in [5, 5.41) is 12.4. The van der Waals surface area contributed by atoms with Crippen molar-refractivity contribution in [2.45, 2.75) is 37.9 Å². The number of nitrogens with two attached hydrogens (primary N) is 1. The predicted molar refractivity (Wildman–Crippen MR) is 109 cm³/mol. The largest absolute Gasteiger partial charge is 0.493 e. The van der Waals surface area contributed by atoms with Crippen molar-refractivity contribution in [2.24, 2.45) is 0 Å². The molecule has 1 aliphatic rings. The van der Waals surface area contributed by atoms with Crippen molar-refractivity contribution in [1.29, 1.82) is 0 Å². The molecule has 152 valence electrons. The third-order valence-corrected chi connectivity index (χ3v) is 5.33. The van der Waals surface area contributed by atoms with Crippen molar-refractivity contribution in [1.82, 2.24) is 0 Å². The molecule has 28 heavy (non-hydrogen) atoms. The van der Waals surface area contributed by atoms with Gasteiger partial charge in [-0.2, -0.15) is 0 Å². The summed E-state index contributed by atoms with van der Waals surface area (Å²) in [5.74, 6) is 1.49. The number of aryl methyl sites for hydroxylation is 1. The maximum absolute atomic E-state index is 10.3. The summed E-state index contributed by atoms with van der Waals surface area (Å²) in [6.07, 6.45) is 3.87. The van der Waals surface area contributed by atoms with E-state index in [-0.39, 0.29) is 6.10 Å². The van der Waals surface area contributed by atoms with Gasteiger partial charge in [0.15, 0.2) is 11.5 Å². The Morgan fingerprint density at radius 2 is 1.93 bits per heavy atom. The molecular formula is C23H32NO4+. The summed E-state index contributed by atoms with van der Waals surface area (Å²) >= 11 is 0. The van der Waals surface area contributed by atoms with Crippen LogP contribution in [0.2, 0.25) is 0 Å². The molecule has 0 amide bonds. The number of aliphatic hydroxyl groups excluding tert-OH is 1. The number of ether oxygens (including phenoxy) is 3. The number of aliphatic hydroxyl groups is 1. The standard InChI is InChI=1S/C23H31NO4/c1-26-22-11-10-17(14-23(22)27-2)12-13-24-15-19(25)16-28-21-9-5-7-18-6-3-4-8-20(18)21/h3-4,6,8,10-11,14,19,21,24-25H,5,7,9,12-13,15-16H2,1-2H3/p+1/t19-,21+/m1/s1. The summed E-state index contributed by atoms with van der Waals surface area (Å²) in [6.45, 7) is 1.92. The van der Waals surface area contributed by atoms with E-state index in [0.29, 0.717) is 13.2 Å². The molecule has 0 fully saturated rings. The highest BCUT2D eigenvalue weighted by Crippen LogP contribution is 2.32. The van der Waals surface area contributed by atoms with Crippen LogP contribution in [0.25, 0.3) is 0 Å². The van der Waals surface area contributed by atoms with E-state index < -0.39 is 6.10 Å². The maximum atomic E-state index is 10.3. The summed E-state index contributed by atoms with van der Waals surface area (Å²) in [7, 11) is 3.29. The van der Waals surface area contributed by atoms with Crippen LogP contribution in [0.1, 0.15) is 35.6 Å². The van der Waals surface area contributed by atoms with Gasteiger partial charge < -0.3 is 24.6 Å². The average molecular weight is 387 g/mol. The second kappa shape index (κ2) is 10.5. The second-order valence-electron chi connectivity index (χ2n) is 7.32. The van der Waals surface area contributed by atoms with Crippen LogP contribution in [0.4, 0.5) is 0 Å². The molecule has 0 saturated heterocycles. The van der Waals surface area contributed by atoms with E-state index in [4.69, 9.17) is 14.2 Å². The first-order valence-corrected chi connectivity index (χ1v) is 10.1. The number of benzene rings is 2. The summed E-state index contributed by atoms with van der Waals surface area (Å²) in [5.41, 5.74) is 3.87. The Morgan fingerprint density at radius 1 is 1.11 bits per heavy atom. The molecule has 0 aromatic heterocycles. The Kier molecular flexibility index (Phi) is 7.71. The quantitative estimate of drug-likeness (QED) is 0.615. The zero-order valence-electron chi connectivity index (χ0n) is 16.9. The molecule has 3 rings (SSSR count). The Morgan fingerprint density at radius 3 is 2.75 bits per heavy atom. The summed E-state index contributed by atoms with van der Waals surface area (Å²) in [4.78, 5) is 0. The van der Waals surface area contributed by atoms with Crippen molar-refractivity contribution in [3.8, 4) is 11.5 Å². The molecule has 5 heteroatoms. The average Bonchev–Trinajstić information content (AvgIpc) is 2.75. The van der Waals surface area contributed by atoms with Crippen molar-refractivity contribution in [3.05, 3.63) is 59.2 Å². The van der Waals surface area contributed by atoms with E-state index >= 15 is 0 Å². The van der Waals surface area contributed by atoms with Crippen molar-refractivity contribution >= 4 is 0 Å². The molecule has 5 nitrogen and oxygen atoms in total. The molecule has 0 bridgehead atoms. The highest BCUT2D eigenvalue weighted by molar-refractivity contribution is 5.42. The van der Waals surface area contributed by atoms with Gasteiger partial charge in [-0.15, -0.1) is 0 Å². The third-order valence-electron chi connectivity index (χ3n) is 5.33. The van der Waals surface area contributed by atoms with Crippen LogP contribution in [0.5, 0.6) is 11.5 Å². The first kappa shape index (κ1) is 20.6. The van der Waals surface area contributed by atoms with Gasteiger partial charge in [-0.1, -0.05) is 30.3 Å². The minimum atomic E-state index is -0.459. The fraction of sp³-hybridized carbons (Fsp3) is 0.478. The lowest BCUT2D eigenvalue weighted by atomic mass is 9.89. The molecule has 0 spiro atoms. The first-order valence-electron chi connectivity index (χ1n) is 10.1. The third kappa shape index (κ3) is 5.47. The van der Waals surface area contributed by atoms with Crippen molar-refractivity contribution < 1.29 is 24.6 Å². The highest BCUT2D eigenvalue weighted by atomic mass is 16.5. The molecule has 0 saturated carbocycles. The molecule has 0 heterocycles. The Bertz CT molecular complexity index is 749. The number of methoxy groups -OCH3 is 2. The van der Waals surface area contributed by atoms with E-state index in [2.05, 4.69) is 35.6 Å². The molecular weight excluding hydrogens is 354 g/mol. The Hall–Kier alpha value is -2.08. The van der Waals surface area contributed by atoms with Gasteiger partial charge in [-0.3, -0.25) is 0 Å². The van der Waals surface area contributed by atoms with E-state index in [1.54, 1.807) is 14.2 Å². The monoisotopic (exact) mass is 386 g/mol. The van der Waals surface area contributed by atoms with Gasteiger partial charge in [0, 0.05) is 6.42 Å². The van der Waals surface area contributed by atoms with E-state index in [1.165, 1.54) is 16.7 Å². The number of fused-ring (bicyclic) bond motifs is 1. The molecule has 0 unspecified atom stereocenters. The fourth-order valence-electron chi connectivity index (χ4n) is 3.79. The molecule has 2 aromatic rings. The van der Waals surface area contributed by atoms with E-state index in [0.717, 1.165) is 43.7 Å². The Labute approximate surface area is 167 Å². The molecule has 0 aliphatic heterocycles. The minimum absolute atomic E-state index is 0.117. The fourth-order valence-corrected chi connectivity index (χ4v) is 3.79. The van der Waals surface area contributed by atoms with Crippen LogP contribution >= 0.6 is 0 Å². The van der Waals surface area contributed by atoms with Gasteiger partial charge in [0.1, 0.15) is 12.6 Å². The van der Waals surface area contributed by atoms with Crippen LogP contribution in [0.3, 0.4) is 0 Å². The summed E-state index contributed by atoms with van der Waals surface area (Å²) < 4.78 is 16.7. The SMILES string of the molecule is COc1ccc(CC[NH2+]C[C@@H](O)CO[C@H]2CCCc3ccccc32)cc1OC. The second-order valence-corrected chi connectivity index (χ2v) is 7.32. The summed E-state index contributed by atoms with van der Waals surface area (Å²) in [6, 6.07) is 14.5. The van der Waals surface area contributed by atoms with Gasteiger partial charge in [-0.05, 0) is 48.1 Å². The molecule has 0 radical (unpaired) electrons. The topological polar surface area (TPSA) is 64.5 Å². The lowest BCUT2D eigenvalue weighted by Crippen LogP contribution is -2.87. The number of quaternary nitrogens is 1. The van der Waals surface area contributed by atoms with Gasteiger partial charge in [-0.25, -0.2) is 0 Å². The first-order chi connectivity index (χ1) is 13.7. The smallest absolute Gasteiger partial charge is 0.160 e. The van der Waals surface area contributed by atoms with Crippen molar-refractivity contribution in [2.75, 3.05) is 33.9 Å². The predicted octanol–water partition coefficient (Wildman–Crippen LogP) is 2.26. The van der Waals surface area contributed by atoms with Gasteiger partial charge >= 0.3 is 0 Å². The van der Waals surface area contributed by atoms with Crippen molar-refractivity contribution in [3.63, 3.8) is 0 Å². The normalized spacial score (nSPS) is 17.0. The Balaban J connectivity index is 1.38. The number of rotatable bonds is 10. The van der Waals surface area contributed by atoms with E-state index in [9.17, 15) is 5.11 Å². The minimum Gasteiger partial charge on any atom is -0.493 e. The zero-order chi connectivity index (χ0) is 19.8. The van der Waals surface area contributed by atoms with E-state index in [1.807, 2.05) is 12.1 Å².